The topological polar surface area (TPSA) is 48.1 Å². The van der Waals surface area contributed by atoms with Crippen molar-refractivity contribution in [2.75, 3.05) is 13.2 Å². The maximum Gasteiger partial charge on any atom is 0.125 e. The number of aryl methyl sites for hydroxylation is 1. The van der Waals surface area contributed by atoms with Gasteiger partial charge in [-0.15, -0.1) is 11.3 Å². The van der Waals surface area contributed by atoms with Crippen LogP contribution in [0.15, 0.2) is 0 Å². The van der Waals surface area contributed by atoms with E-state index in [1.807, 2.05) is 11.3 Å². The number of fused-ring (bicyclic) bond motifs is 1. The molecule has 112 valence electrons. The van der Waals surface area contributed by atoms with Crippen LogP contribution in [0.1, 0.15) is 73.4 Å². The number of hydrogen-bond acceptors (Lipinski definition) is 4. The van der Waals surface area contributed by atoms with Crippen molar-refractivity contribution in [1.82, 2.24) is 4.98 Å². The fourth-order valence-electron chi connectivity index (χ4n) is 3.75. The van der Waals surface area contributed by atoms with Crippen LogP contribution in [0.5, 0.6) is 0 Å². The molecule has 0 amide bonds. The van der Waals surface area contributed by atoms with Crippen molar-refractivity contribution in [3.63, 3.8) is 0 Å². The van der Waals surface area contributed by atoms with Crippen LogP contribution in [0.25, 0.3) is 0 Å². The third-order valence-electron chi connectivity index (χ3n) is 4.83. The van der Waals surface area contributed by atoms with Crippen LogP contribution >= 0.6 is 11.3 Å². The first-order chi connectivity index (χ1) is 9.79. The van der Waals surface area contributed by atoms with Crippen molar-refractivity contribution in [2.24, 2.45) is 5.73 Å². The molecule has 2 aliphatic carbocycles. The van der Waals surface area contributed by atoms with Crippen molar-refractivity contribution < 1.29 is 4.74 Å². The van der Waals surface area contributed by atoms with Gasteiger partial charge in [0.05, 0.1) is 5.69 Å². The molecule has 1 fully saturated rings. The molecule has 2 N–H and O–H groups in total. The zero-order chi connectivity index (χ0) is 14.0. The Labute approximate surface area is 125 Å². The normalized spacial score (nSPS) is 25.4. The molecule has 3 nitrogen and oxygen atoms in total. The molecule has 1 unspecified atom stereocenters. The lowest BCUT2D eigenvalue weighted by molar-refractivity contribution is -0.0705. The highest BCUT2D eigenvalue weighted by Gasteiger charge is 2.39. The summed E-state index contributed by atoms with van der Waals surface area (Å²) < 4.78 is 6.22. The number of thiazole rings is 1. The Balaban J connectivity index is 1.94. The van der Waals surface area contributed by atoms with E-state index in [2.05, 4.69) is 6.92 Å². The van der Waals surface area contributed by atoms with E-state index in [9.17, 15) is 0 Å². The van der Waals surface area contributed by atoms with Crippen molar-refractivity contribution >= 4 is 11.3 Å². The van der Waals surface area contributed by atoms with E-state index >= 15 is 0 Å². The molecule has 1 atom stereocenters. The average Bonchev–Trinajstić information content (AvgIpc) is 2.93. The molecule has 0 bridgehead atoms. The second kappa shape index (κ2) is 6.12. The minimum Gasteiger partial charge on any atom is -0.368 e. The Bertz CT molecular complexity index is 446. The first-order valence-electron chi connectivity index (χ1n) is 8.13. The minimum atomic E-state index is -0.0891. The fourth-order valence-corrected chi connectivity index (χ4v) is 5.14. The molecule has 2 aliphatic rings. The zero-order valence-electron chi connectivity index (χ0n) is 12.5. The predicted molar refractivity (Wildman–Crippen MR) is 83.2 cm³/mol. The summed E-state index contributed by atoms with van der Waals surface area (Å²) >= 11 is 1.91. The van der Waals surface area contributed by atoms with Crippen molar-refractivity contribution in [2.45, 2.75) is 69.8 Å². The molecule has 0 radical (unpaired) electrons. The molecular weight excluding hydrogens is 268 g/mol. The second-order valence-corrected chi connectivity index (χ2v) is 7.22. The number of nitrogens with zero attached hydrogens (tertiary/aromatic N) is 1. The van der Waals surface area contributed by atoms with Gasteiger partial charge in [0.15, 0.2) is 0 Å². The van der Waals surface area contributed by atoms with Gasteiger partial charge < -0.3 is 10.5 Å². The molecule has 1 aromatic heterocycles. The predicted octanol–water partition coefficient (Wildman–Crippen LogP) is 3.72. The molecule has 0 aromatic carbocycles. The number of rotatable bonds is 4. The van der Waals surface area contributed by atoms with E-state index in [0.29, 0.717) is 5.92 Å². The van der Waals surface area contributed by atoms with E-state index < -0.39 is 0 Å². The Morgan fingerprint density at radius 2 is 2.10 bits per heavy atom. The Hall–Kier alpha value is -0.450. The highest BCUT2D eigenvalue weighted by Crippen LogP contribution is 2.45. The van der Waals surface area contributed by atoms with Crippen LogP contribution in [0, 0.1) is 0 Å². The fraction of sp³-hybridized carbons (Fsp3) is 0.812. The van der Waals surface area contributed by atoms with Crippen LogP contribution in [-0.2, 0) is 16.8 Å². The van der Waals surface area contributed by atoms with Crippen LogP contribution < -0.4 is 5.73 Å². The van der Waals surface area contributed by atoms with Gasteiger partial charge in [0.25, 0.3) is 0 Å². The average molecular weight is 294 g/mol. The van der Waals surface area contributed by atoms with Crippen molar-refractivity contribution in [3.8, 4) is 0 Å². The molecular formula is C16H26N2OS. The molecule has 3 rings (SSSR count). The van der Waals surface area contributed by atoms with Gasteiger partial charge in [-0.1, -0.05) is 19.3 Å². The maximum absolute atomic E-state index is 6.22. The third kappa shape index (κ3) is 2.53. The van der Waals surface area contributed by atoms with Gasteiger partial charge in [-0.05, 0) is 39.0 Å². The lowest BCUT2D eigenvalue weighted by Gasteiger charge is -2.35. The number of hydrogen-bond donors (Lipinski definition) is 1. The summed E-state index contributed by atoms with van der Waals surface area (Å²) in [6.45, 7) is 3.62. The van der Waals surface area contributed by atoms with Crippen molar-refractivity contribution in [1.29, 1.82) is 0 Å². The Morgan fingerprint density at radius 1 is 1.30 bits per heavy atom. The SMILES string of the molecule is CCOC1(c2nc3c(s2)CCCC3CN)CCCCC1. The van der Waals surface area contributed by atoms with Crippen molar-refractivity contribution in [3.05, 3.63) is 15.6 Å². The summed E-state index contributed by atoms with van der Waals surface area (Å²) in [6.07, 6.45) is 9.81. The van der Waals surface area contributed by atoms with Gasteiger partial charge in [0.1, 0.15) is 10.6 Å². The largest absolute Gasteiger partial charge is 0.368 e. The lowest BCUT2D eigenvalue weighted by atomic mass is 9.85. The smallest absolute Gasteiger partial charge is 0.125 e. The molecule has 1 heterocycles. The zero-order valence-corrected chi connectivity index (χ0v) is 13.3. The van der Waals surface area contributed by atoms with Gasteiger partial charge >= 0.3 is 0 Å². The van der Waals surface area contributed by atoms with Gasteiger partial charge in [-0.25, -0.2) is 4.98 Å². The highest BCUT2D eigenvalue weighted by molar-refractivity contribution is 7.11. The summed E-state index contributed by atoms with van der Waals surface area (Å²) in [6, 6.07) is 0. The van der Waals surface area contributed by atoms with Gasteiger partial charge in [0.2, 0.25) is 0 Å². The summed E-state index contributed by atoms with van der Waals surface area (Å²) in [5.41, 5.74) is 7.14. The summed E-state index contributed by atoms with van der Waals surface area (Å²) in [5.74, 6) is 0.478. The second-order valence-electron chi connectivity index (χ2n) is 6.14. The van der Waals surface area contributed by atoms with E-state index in [1.54, 1.807) is 0 Å². The molecule has 0 saturated heterocycles. The highest BCUT2D eigenvalue weighted by atomic mass is 32.1. The van der Waals surface area contributed by atoms with Gasteiger partial charge in [-0.2, -0.15) is 0 Å². The van der Waals surface area contributed by atoms with Gasteiger partial charge in [0, 0.05) is 23.9 Å². The van der Waals surface area contributed by atoms with Crippen LogP contribution in [-0.4, -0.2) is 18.1 Å². The number of ether oxygens (including phenoxy) is 1. The standard InChI is InChI=1S/C16H26N2OS/c1-2-19-16(9-4-3-5-10-16)15-18-14-12(11-17)7-6-8-13(14)20-15/h12H,2-11,17H2,1H3. The summed E-state index contributed by atoms with van der Waals surface area (Å²) in [5, 5.41) is 1.24. The third-order valence-corrected chi connectivity index (χ3v) is 6.14. The number of nitrogens with two attached hydrogens (primary N) is 1. The van der Waals surface area contributed by atoms with Crippen LogP contribution in [0.2, 0.25) is 0 Å². The van der Waals surface area contributed by atoms with Gasteiger partial charge in [-0.3, -0.25) is 0 Å². The van der Waals surface area contributed by atoms with E-state index in [1.165, 1.54) is 54.1 Å². The quantitative estimate of drug-likeness (QED) is 0.920. The Morgan fingerprint density at radius 3 is 2.80 bits per heavy atom. The minimum absolute atomic E-state index is 0.0891. The molecule has 1 saturated carbocycles. The molecule has 0 aliphatic heterocycles. The Kier molecular flexibility index (Phi) is 4.43. The lowest BCUT2D eigenvalue weighted by Crippen LogP contribution is -2.32. The van der Waals surface area contributed by atoms with Crippen LogP contribution in [0.3, 0.4) is 0 Å². The van der Waals surface area contributed by atoms with E-state index in [0.717, 1.165) is 26.0 Å². The molecule has 1 aromatic rings. The van der Waals surface area contributed by atoms with E-state index in [4.69, 9.17) is 15.5 Å². The molecule has 0 spiro atoms. The first-order valence-corrected chi connectivity index (χ1v) is 8.95. The summed E-state index contributed by atoms with van der Waals surface area (Å²) in [4.78, 5) is 6.51. The molecule has 4 heteroatoms. The van der Waals surface area contributed by atoms with Crippen LogP contribution in [0.4, 0.5) is 0 Å². The maximum atomic E-state index is 6.22. The monoisotopic (exact) mass is 294 g/mol. The first kappa shape index (κ1) is 14.5. The summed E-state index contributed by atoms with van der Waals surface area (Å²) in [7, 11) is 0. The van der Waals surface area contributed by atoms with E-state index in [-0.39, 0.29) is 5.60 Å². The number of aromatic nitrogens is 1. The molecule has 20 heavy (non-hydrogen) atoms.